The second-order valence-corrected chi connectivity index (χ2v) is 4.81. The molecule has 0 aliphatic heterocycles. The molecule has 7 heteroatoms. The van der Waals surface area contributed by atoms with Crippen LogP contribution in [-0.2, 0) is 14.3 Å². The van der Waals surface area contributed by atoms with Gasteiger partial charge in [0.1, 0.15) is 18.9 Å². The summed E-state index contributed by atoms with van der Waals surface area (Å²) >= 11 is 0. The number of nitrogens with one attached hydrogen (secondary N) is 1. The van der Waals surface area contributed by atoms with E-state index in [9.17, 15) is 14.4 Å². The Morgan fingerprint density at radius 2 is 1.82 bits per heavy atom. The van der Waals surface area contributed by atoms with E-state index in [0.717, 1.165) is 0 Å². The lowest BCUT2D eigenvalue weighted by Crippen LogP contribution is -2.31. The molecule has 0 aliphatic rings. The Bertz CT molecular complexity index is 525. The Hall–Kier alpha value is -2.57. The highest BCUT2D eigenvalue weighted by molar-refractivity contribution is 5.96. The molecule has 0 bridgehead atoms. The highest BCUT2D eigenvalue weighted by atomic mass is 16.5. The summed E-state index contributed by atoms with van der Waals surface area (Å²) in [6.45, 7) is 3.45. The average Bonchev–Trinajstić information content (AvgIpc) is 2.44. The molecule has 0 unspecified atom stereocenters. The van der Waals surface area contributed by atoms with Gasteiger partial charge in [-0.2, -0.15) is 0 Å². The average molecular weight is 308 g/mol. The van der Waals surface area contributed by atoms with E-state index < -0.39 is 17.8 Å². The van der Waals surface area contributed by atoms with Crippen LogP contribution in [0.4, 0.5) is 0 Å². The van der Waals surface area contributed by atoms with Gasteiger partial charge in [0.15, 0.2) is 0 Å². The van der Waals surface area contributed by atoms with Crippen LogP contribution in [0.3, 0.4) is 0 Å². The third-order valence-electron chi connectivity index (χ3n) is 2.49. The Morgan fingerprint density at radius 3 is 2.36 bits per heavy atom. The third-order valence-corrected chi connectivity index (χ3v) is 2.49. The standard InChI is InChI=1S/C15H20N2O5/c1-10(2)22-12-5-3-11(4-6-12)15(20)17-9-14(19)21-8-7-13(16)18/h3-6,10H,7-9H2,1-2H3,(H2,16,18)(H,17,20). The van der Waals surface area contributed by atoms with E-state index in [4.69, 9.17) is 15.2 Å². The number of hydrogen-bond donors (Lipinski definition) is 2. The fraction of sp³-hybridized carbons (Fsp3) is 0.400. The molecule has 3 N–H and O–H groups in total. The molecule has 0 heterocycles. The molecule has 0 aromatic heterocycles. The number of hydrogen-bond acceptors (Lipinski definition) is 5. The first-order valence-corrected chi connectivity index (χ1v) is 6.87. The monoisotopic (exact) mass is 308 g/mol. The molecule has 0 spiro atoms. The third kappa shape index (κ3) is 6.74. The summed E-state index contributed by atoms with van der Waals surface area (Å²) in [5.41, 5.74) is 5.31. The molecule has 1 aromatic carbocycles. The van der Waals surface area contributed by atoms with Gasteiger partial charge in [-0.05, 0) is 38.1 Å². The lowest BCUT2D eigenvalue weighted by molar-refractivity contribution is -0.142. The molecule has 0 saturated carbocycles. The minimum absolute atomic E-state index is 0.0446. The van der Waals surface area contributed by atoms with Crippen molar-refractivity contribution in [2.45, 2.75) is 26.4 Å². The largest absolute Gasteiger partial charge is 0.491 e. The van der Waals surface area contributed by atoms with Crippen molar-refractivity contribution < 1.29 is 23.9 Å². The number of esters is 1. The van der Waals surface area contributed by atoms with Gasteiger partial charge in [-0.25, -0.2) is 0 Å². The van der Waals surface area contributed by atoms with Crippen molar-refractivity contribution in [3.8, 4) is 5.75 Å². The molecule has 1 rings (SSSR count). The van der Waals surface area contributed by atoms with Gasteiger partial charge in [0.25, 0.3) is 5.91 Å². The second-order valence-electron chi connectivity index (χ2n) is 4.81. The van der Waals surface area contributed by atoms with Gasteiger partial charge in [-0.15, -0.1) is 0 Å². The highest BCUT2D eigenvalue weighted by Gasteiger charge is 2.09. The summed E-state index contributed by atoms with van der Waals surface area (Å²) in [5.74, 6) is -0.921. The highest BCUT2D eigenvalue weighted by Crippen LogP contribution is 2.13. The van der Waals surface area contributed by atoms with Crippen LogP contribution in [0, 0.1) is 0 Å². The number of primary amides is 1. The first kappa shape index (κ1) is 17.5. The van der Waals surface area contributed by atoms with Gasteiger partial charge in [-0.3, -0.25) is 14.4 Å². The molecule has 0 fully saturated rings. The Labute approximate surface area is 128 Å². The van der Waals surface area contributed by atoms with Crippen molar-refractivity contribution in [2.75, 3.05) is 13.2 Å². The van der Waals surface area contributed by atoms with Crippen LogP contribution in [0.1, 0.15) is 30.6 Å². The topological polar surface area (TPSA) is 108 Å². The van der Waals surface area contributed by atoms with E-state index in [1.807, 2.05) is 13.8 Å². The molecule has 1 aromatic rings. The maximum atomic E-state index is 11.8. The predicted molar refractivity (Wildman–Crippen MR) is 79.3 cm³/mol. The molecule has 0 saturated heterocycles. The summed E-state index contributed by atoms with van der Waals surface area (Å²) in [6.07, 6.45) is 0.00614. The predicted octanol–water partition coefficient (Wildman–Crippen LogP) is 0.622. The van der Waals surface area contributed by atoms with Gasteiger partial charge in [0.05, 0.1) is 12.5 Å². The molecule has 0 aliphatic carbocycles. The van der Waals surface area contributed by atoms with Crippen LogP contribution in [0.5, 0.6) is 5.75 Å². The van der Waals surface area contributed by atoms with Crippen molar-refractivity contribution in [3.63, 3.8) is 0 Å². The van der Waals surface area contributed by atoms with Gasteiger partial charge >= 0.3 is 5.97 Å². The van der Waals surface area contributed by atoms with Crippen molar-refractivity contribution in [1.29, 1.82) is 0 Å². The van der Waals surface area contributed by atoms with E-state index in [1.54, 1.807) is 24.3 Å². The van der Waals surface area contributed by atoms with Crippen molar-refractivity contribution in [2.24, 2.45) is 5.73 Å². The lowest BCUT2D eigenvalue weighted by Gasteiger charge is -2.10. The fourth-order valence-corrected chi connectivity index (χ4v) is 1.53. The van der Waals surface area contributed by atoms with Crippen LogP contribution in [0.2, 0.25) is 0 Å². The molecule has 120 valence electrons. The molecule has 22 heavy (non-hydrogen) atoms. The van der Waals surface area contributed by atoms with E-state index in [2.05, 4.69) is 5.32 Å². The summed E-state index contributed by atoms with van der Waals surface area (Å²) in [7, 11) is 0. The Balaban J connectivity index is 2.38. The Kier molecular flexibility index (Phi) is 6.88. The van der Waals surface area contributed by atoms with E-state index in [-0.39, 0.29) is 25.7 Å². The van der Waals surface area contributed by atoms with Gasteiger partial charge in [0.2, 0.25) is 5.91 Å². The zero-order valence-electron chi connectivity index (χ0n) is 12.6. The molecule has 0 atom stereocenters. The van der Waals surface area contributed by atoms with E-state index in [1.165, 1.54) is 0 Å². The molecule has 0 radical (unpaired) electrons. The number of carbonyl (C=O) groups is 3. The number of amides is 2. The number of ether oxygens (including phenoxy) is 2. The van der Waals surface area contributed by atoms with Crippen LogP contribution < -0.4 is 15.8 Å². The van der Waals surface area contributed by atoms with Crippen LogP contribution in [0.25, 0.3) is 0 Å². The van der Waals surface area contributed by atoms with E-state index >= 15 is 0 Å². The summed E-state index contributed by atoms with van der Waals surface area (Å²) in [5, 5.41) is 2.43. The number of benzene rings is 1. The van der Waals surface area contributed by atoms with Crippen LogP contribution >= 0.6 is 0 Å². The zero-order chi connectivity index (χ0) is 16.5. The van der Waals surface area contributed by atoms with Crippen molar-refractivity contribution >= 4 is 17.8 Å². The fourth-order valence-electron chi connectivity index (χ4n) is 1.53. The van der Waals surface area contributed by atoms with E-state index in [0.29, 0.717) is 11.3 Å². The lowest BCUT2D eigenvalue weighted by atomic mass is 10.2. The molecular weight excluding hydrogens is 288 g/mol. The maximum Gasteiger partial charge on any atom is 0.325 e. The molecular formula is C15H20N2O5. The SMILES string of the molecule is CC(C)Oc1ccc(C(=O)NCC(=O)OCCC(N)=O)cc1. The minimum atomic E-state index is -0.630. The Morgan fingerprint density at radius 1 is 1.18 bits per heavy atom. The molecule has 7 nitrogen and oxygen atoms in total. The second kappa shape index (κ2) is 8.66. The zero-order valence-corrected chi connectivity index (χ0v) is 12.6. The van der Waals surface area contributed by atoms with Crippen LogP contribution in [0.15, 0.2) is 24.3 Å². The number of nitrogens with two attached hydrogens (primary N) is 1. The summed E-state index contributed by atoms with van der Waals surface area (Å²) in [6, 6.07) is 6.57. The molecule has 2 amide bonds. The van der Waals surface area contributed by atoms with Gasteiger partial charge in [0, 0.05) is 5.56 Å². The quantitative estimate of drug-likeness (QED) is 0.685. The maximum absolute atomic E-state index is 11.8. The minimum Gasteiger partial charge on any atom is -0.491 e. The normalized spacial score (nSPS) is 10.1. The number of rotatable bonds is 8. The van der Waals surface area contributed by atoms with Crippen molar-refractivity contribution in [1.82, 2.24) is 5.32 Å². The summed E-state index contributed by atoms with van der Waals surface area (Å²) < 4.78 is 10.2. The number of carbonyl (C=O) groups excluding carboxylic acids is 3. The first-order chi connectivity index (χ1) is 10.4. The van der Waals surface area contributed by atoms with Crippen LogP contribution in [-0.4, -0.2) is 37.0 Å². The summed E-state index contributed by atoms with van der Waals surface area (Å²) in [4.78, 5) is 33.6. The van der Waals surface area contributed by atoms with Gasteiger partial charge < -0.3 is 20.5 Å². The van der Waals surface area contributed by atoms with Gasteiger partial charge in [-0.1, -0.05) is 0 Å². The smallest absolute Gasteiger partial charge is 0.325 e. The van der Waals surface area contributed by atoms with Crippen molar-refractivity contribution in [3.05, 3.63) is 29.8 Å². The first-order valence-electron chi connectivity index (χ1n) is 6.87.